The number of ether oxygens (including phenoxy) is 1. The summed E-state index contributed by atoms with van der Waals surface area (Å²) >= 11 is 8.73. The van der Waals surface area contributed by atoms with E-state index in [9.17, 15) is 9.50 Å². The quantitative estimate of drug-likeness (QED) is 0.209. The molecule has 178 valence electrons. The molecule has 35 heavy (non-hydrogen) atoms. The normalized spacial score (nSPS) is 14.1. The first-order valence-corrected chi connectivity index (χ1v) is 11.6. The fraction of sp³-hybridized carbons (Fsp3) is 0.174. The second-order valence-corrected chi connectivity index (χ2v) is 8.70. The highest BCUT2D eigenvalue weighted by Gasteiger charge is 2.17. The van der Waals surface area contributed by atoms with Crippen LogP contribution in [0.3, 0.4) is 0 Å². The summed E-state index contributed by atoms with van der Waals surface area (Å²) in [6.07, 6.45) is -0.876. The Morgan fingerprint density at radius 3 is 2.51 bits per heavy atom. The molecule has 2 N–H and O–H groups in total. The molecule has 12 heteroatoms. The zero-order valence-corrected chi connectivity index (χ0v) is 20.0. The Morgan fingerprint density at radius 2 is 1.74 bits per heavy atom. The third-order valence-electron chi connectivity index (χ3n) is 5.33. The number of rotatable bonds is 5. The molecule has 3 aromatic carbocycles. The van der Waals surface area contributed by atoms with Crippen molar-refractivity contribution < 1.29 is 14.2 Å². The summed E-state index contributed by atoms with van der Waals surface area (Å²) in [6, 6.07) is 14.1. The lowest BCUT2D eigenvalue weighted by Gasteiger charge is -2.26. The van der Waals surface area contributed by atoms with Crippen molar-refractivity contribution in [3.8, 4) is 5.75 Å². The van der Waals surface area contributed by atoms with E-state index in [0.29, 0.717) is 53.3 Å². The van der Waals surface area contributed by atoms with Crippen LogP contribution in [0.25, 0.3) is 10.8 Å². The van der Waals surface area contributed by atoms with Gasteiger partial charge < -0.3 is 20.1 Å². The molecule has 1 aromatic heterocycles. The minimum absolute atomic E-state index is 0.0468. The topological polar surface area (TPSA) is 108 Å². The van der Waals surface area contributed by atoms with Gasteiger partial charge in [-0.1, -0.05) is 0 Å². The molecule has 0 bridgehead atoms. The summed E-state index contributed by atoms with van der Waals surface area (Å²) in [7, 11) is 0. The van der Waals surface area contributed by atoms with E-state index in [0.717, 1.165) is 4.90 Å². The van der Waals surface area contributed by atoms with Gasteiger partial charge in [-0.2, -0.15) is 24.5 Å². The van der Waals surface area contributed by atoms with Gasteiger partial charge in [-0.3, -0.25) is 0 Å². The maximum absolute atomic E-state index is 14.1. The molecule has 0 unspecified atom stereocenters. The summed E-state index contributed by atoms with van der Waals surface area (Å²) in [5, 5.41) is 23.4. The van der Waals surface area contributed by atoms with Gasteiger partial charge in [-0.25, -0.2) is 0 Å². The second-order valence-electron chi connectivity index (χ2n) is 7.70. The van der Waals surface area contributed by atoms with Crippen LogP contribution in [-0.4, -0.2) is 46.4 Å². The molecule has 1 aliphatic heterocycles. The van der Waals surface area contributed by atoms with Crippen molar-refractivity contribution in [2.75, 3.05) is 36.5 Å². The molecule has 1 aliphatic rings. The summed E-state index contributed by atoms with van der Waals surface area (Å²) < 4.78 is 19.4. The standard InChI is InChI=1S/C23H20FN7O2S2/c24-21-26-22(28-23(27-21)31-7-9-33-10-8-31)25-15-3-6-17-13(11-15)12-18(35)19(20(17)32)30-29-14-1-4-16(34)5-2-14/h1-6,11-12,32,34-35H,7-10H2,(H,25,26,27,28). The van der Waals surface area contributed by atoms with Crippen LogP contribution in [0.2, 0.25) is 0 Å². The van der Waals surface area contributed by atoms with Crippen molar-refractivity contribution in [3.05, 3.63) is 54.6 Å². The number of anilines is 3. The number of aromatic nitrogens is 3. The minimum atomic E-state index is -0.876. The maximum Gasteiger partial charge on any atom is 0.315 e. The number of thiol groups is 2. The lowest BCUT2D eigenvalue weighted by molar-refractivity contribution is 0.122. The third kappa shape index (κ3) is 5.29. The van der Waals surface area contributed by atoms with Gasteiger partial charge >= 0.3 is 6.08 Å². The number of aromatic hydroxyl groups is 1. The largest absolute Gasteiger partial charge is 0.505 e. The first kappa shape index (κ1) is 23.3. The van der Waals surface area contributed by atoms with Gasteiger partial charge in [0.25, 0.3) is 0 Å². The SMILES string of the molecule is Oc1c(N=Nc2ccc(S)cc2)c(S)cc2cc(Nc3nc(F)nc(N4CCOCC4)n3)ccc12. The van der Waals surface area contributed by atoms with E-state index >= 15 is 0 Å². The van der Waals surface area contributed by atoms with E-state index in [2.05, 4.69) is 55.8 Å². The highest BCUT2D eigenvalue weighted by atomic mass is 32.1. The number of hydrogen-bond donors (Lipinski definition) is 4. The second kappa shape index (κ2) is 10.0. The molecule has 0 radical (unpaired) electrons. The average molecular weight is 510 g/mol. The van der Waals surface area contributed by atoms with E-state index in [-0.39, 0.29) is 23.3 Å². The minimum Gasteiger partial charge on any atom is -0.505 e. The molecular weight excluding hydrogens is 489 g/mol. The molecule has 5 rings (SSSR count). The fourth-order valence-electron chi connectivity index (χ4n) is 3.60. The number of halogens is 1. The van der Waals surface area contributed by atoms with E-state index in [4.69, 9.17) is 4.74 Å². The Balaban J connectivity index is 1.42. The molecule has 2 heterocycles. The number of phenols is 1. The van der Waals surface area contributed by atoms with Crippen LogP contribution >= 0.6 is 25.3 Å². The Kier molecular flexibility index (Phi) is 6.66. The van der Waals surface area contributed by atoms with Gasteiger partial charge in [-0.05, 0) is 53.9 Å². The number of phenolic OH excluding ortho intramolecular Hbond substituents is 1. The number of hydrogen-bond acceptors (Lipinski definition) is 11. The molecule has 0 amide bonds. The van der Waals surface area contributed by atoms with E-state index < -0.39 is 6.08 Å². The van der Waals surface area contributed by atoms with E-state index in [1.807, 2.05) is 4.90 Å². The van der Waals surface area contributed by atoms with Crippen molar-refractivity contribution >= 4 is 65.0 Å². The molecule has 0 aliphatic carbocycles. The monoisotopic (exact) mass is 509 g/mol. The predicted molar refractivity (Wildman–Crippen MR) is 137 cm³/mol. The van der Waals surface area contributed by atoms with Crippen LogP contribution in [0.1, 0.15) is 0 Å². The first-order valence-electron chi connectivity index (χ1n) is 10.7. The lowest BCUT2D eigenvalue weighted by Crippen LogP contribution is -2.37. The Bertz CT molecular complexity index is 1410. The number of fused-ring (bicyclic) bond motifs is 1. The van der Waals surface area contributed by atoms with Crippen LogP contribution in [-0.2, 0) is 4.74 Å². The van der Waals surface area contributed by atoms with Crippen molar-refractivity contribution in [1.82, 2.24) is 15.0 Å². The number of morpholine rings is 1. The molecule has 0 atom stereocenters. The Morgan fingerprint density at radius 1 is 0.971 bits per heavy atom. The highest BCUT2D eigenvalue weighted by molar-refractivity contribution is 7.80. The number of nitrogens with zero attached hydrogens (tertiary/aromatic N) is 6. The van der Waals surface area contributed by atoms with Crippen LogP contribution in [0.5, 0.6) is 5.75 Å². The van der Waals surface area contributed by atoms with Crippen LogP contribution in [0, 0.1) is 6.08 Å². The summed E-state index contributed by atoms with van der Waals surface area (Å²) in [5.74, 6) is 0.277. The third-order valence-corrected chi connectivity index (χ3v) is 5.97. The Labute approximate surface area is 210 Å². The van der Waals surface area contributed by atoms with E-state index in [1.165, 1.54) is 0 Å². The van der Waals surface area contributed by atoms with E-state index in [1.54, 1.807) is 48.5 Å². The van der Waals surface area contributed by atoms with Gasteiger partial charge in [0.05, 0.1) is 18.9 Å². The van der Waals surface area contributed by atoms with Gasteiger partial charge in [0.2, 0.25) is 11.9 Å². The van der Waals surface area contributed by atoms with Gasteiger partial charge in [0.15, 0.2) is 5.75 Å². The maximum atomic E-state index is 14.1. The molecule has 1 saturated heterocycles. The summed E-state index contributed by atoms with van der Waals surface area (Å²) in [5.41, 5.74) is 1.48. The summed E-state index contributed by atoms with van der Waals surface area (Å²) in [6.45, 7) is 2.20. The van der Waals surface area contributed by atoms with Crippen molar-refractivity contribution in [3.63, 3.8) is 0 Å². The lowest BCUT2D eigenvalue weighted by atomic mass is 10.1. The fourth-order valence-corrected chi connectivity index (χ4v) is 4.03. The molecule has 9 nitrogen and oxygen atoms in total. The van der Waals surface area contributed by atoms with Crippen LogP contribution < -0.4 is 10.2 Å². The molecule has 0 saturated carbocycles. The van der Waals surface area contributed by atoms with Gasteiger partial charge in [-0.15, -0.1) is 30.4 Å². The zero-order chi connectivity index (χ0) is 24.4. The predicted octanol–water partition coefficient (Wildman–Crippen LogP) is 5.44. The van der Waals surface area contributed by atoms with Crippen molar-refractivity contribution in [2.45, 2.75) is 9.79 Å². The number of nitrogens with one attached hydrogen (secondary N) is 1. The molecule has 4 aromatic rings. The first-order chi connectivity index (χ1) is 17.0. The Hall–Kier alpha value is -3.48. The van der Waals surface area contributed by atoms with Crippen LogP contribution in [0.15, 0.2) is 68.6 Å². The molecular formula is C23H20FN7O2S2. The molecule has 0 spiro atoms. The number of benzene rings is 3. The van der Waals surface area contributed by atoms with Crippen molar-refractivity contribution in [1.29, 1.82) is 0 Å². The van der Waals surface area contributed by atoms with Gasteiger partial charge in [0.1, 0.15) is 5.69 Å². The van der Waals surface area contributed by atoms with Crippen LogP contribution in [0.4, 0.5) is 33.3 Å². The smallest absolute Gasteiger partial charge is 0.315 e. The molecule has 1 fully saturated rings. The average Bonchev–Trinajstić information content (AvgIpc) is 2.85. The number of azo groups is 1. The van der Waals surface area contributed by atoms with Gasteiger partial charge in [0, 0.05) is 34.0 Å². The highest BCUT2D eigenvalue weighted by Crippen LogP contribution is 2.41. The summed E-state index contributed by atoms with van der Waals surface area (Å²) in [4.78, 5) is 15.0. The van der Waals surface area contributed by atoms with Crippen molar-refractivity contribution in [2.24, 2.45) is 10.2 Å². The zero-order valence-electron chi connectivity index (χ0n) is 18.3.